The highest BCUT2D eigenvalue weighted by molar-refractivity contribution is 7.92. The highest BCUT2D eigenvalue weighted by atomic mass is 32.2. The smallest absolute Gasteiger partial charge is 0.264 e. The third-order valence-electron chi connectivity index (χ3n) is 5.27. The SMILES string of the molecule is Cc1ccc(N(CC(=O)NCCCc2cccc(C)c2)S(=O)(=O)c2ccc(C)cc2)cc1. The molecular weight excluding hydrogens is 420 g/mol. The first kappa shape index (κ1) is 23.5. The van der Waals surface area contributed by atoms with Crippen molar-refractivity contribution in [3.8, 4) is 0 Å². The van der Waals surface area contributed by atoms with Gasteiger partial charge in [-0.15, -0.1) is 0 Å². The van der Waals surface area contributed by atoms with Crippen LogP contribution in [0.1, 0.15) is 28.7 Å². The largest absolute Gasteiger partial charge is 0.355 e. The van der Waals surface area contributed by atoms with Crippen LogP contribution in [0.2, 0.25) is 0 Å². The van der Waals surface area contributed by atoms with Gasteiger partial charge in [-0.3, -0.25) is 9.10 Å². The van der Waals surface area contributed by atoms with Crippen molar-refractivity contribution in [2.45, 2.75) is 38.5 Å². The van der Waals surface area contributed by atoms with E-state index >= 15 is 0 Å². The molecule has 0 saturated heterocycles. The van der Waals surface area contributed by atoms with E-state index in [1.165, 1.54) is 15.4 Å². The molecule has 5 nitrogen and oxygen atoms in total. The summed E-state index contributed by atoms with van der Waals surface area (Å²) in [4.78, 5) is 12.8. The van der Waals surface area contributed by atoms with Crippen LogP contribution in [-0.2, 0) is 21.2 Å². The van der Waals surface area contributed by atoms with Gasteiger partial charge in [0, 0.05) is 6.54 Å². The molecule has 0 fully saturated rings. The first-order valence-electron chi connectivity index (χ1n) is 10.7. The molecule has 1 N–H and O–H groups in total. The molecule has 0 heterocycles. The van der Waals surface area contributed by atoms with Gasteiger partial charge in [-0.05, 0) is 63.4 Å². The van der Waals surface area contributed by atoms with Crippen molar-refractivity contribution in [1.29, 1.82) is 0 Å². The number of hydrogen-bond donors (Lipinski definition) is 1. The van der Waals surface area contributed by atoms with Crippen molar-refractivity contribution in [3.05, 3.63) is 95.1 Å². The molecule has 3 rings (SSSR count). The van der Waals surface area contributed by atoms with Crippen LogP contribution in [0, 0.1) is 20.8 Å². The summed E-state index contributed by atoms with van der Waals surface area (Å²) in [6.45, 7) is 6.10. The number of benzene rings is 3. The second kappa shape index (κ2) is 10.5. The van der Waals surface area contributed by atoms with E-state index in [1.807, 2.05) is 32.0 Å². The molecule has 0 spiro atoms. The Kier molecular flexibility index (Phi) is 7.70. The number of nitrogens with zero attached hydrogens (tertiary/aromatic N) is 1. The number of nitrogens with one attached hydrogen (secondary N) is 1. The molecule has 0 aromatic heterocycles. The Morgan fingerprint density at radius 3 is 2.09 bits per heavy atom. The van der Waals surface area contributed by atoms with Crippen LogP contribution < -0.4 is 9.62 Å². The van der Waals surface area contributed by atoms with E-state index in [-0.39, 0.29) is 17.3 Å². The summed E-state index contributed by atoms with van der Waals surface area (Å²) in [5.41, 5.74) is 4.88. The average molecular weight is 451 g/mol. The second-order valence-corrected chi connectivity index (χ2v) is 9.97. The van der Waals surface area contributed by atoms with Crippen LogP contribution in [0.5, 0.6) is 0 Å². The summed E-state index contributed by atoms with van der Waals surface area (Å²) >= 11 is 0. The molecule has 0 aliphatic carbocycles. The van der Waals surface area contributed by atoms with Crippen LogP contribution in [0.15, 0.2) is 77.7 Å². The van der Waals surface area contributed by atoms with Crippen molar-refractivity contribution < 1.29 is 13.2 Å². The Morgan fingerprint density at radius 1 is 0.844 bits per heavy atom. The molecule has 0 unspecified atom stereocenters. The van der Waals surface area contributed by atoms with E-state index in [4.69, 9.17) is 0 Å². The minimum absolute atomic E-state index is 0.163. The van der Waals surface area contributed by atoms with Crippen molar-refractivity contribution >= 4 is 21.6 Å². The van der Waals surface area contributed by atoms with Gasteiger partial charge in [0.15, 0.2) is 0 Å². The molecule has 6 heteroatoms. The Hall–Kier alpha value is -3.12. The first-order chi connectivity index (χ1) is 15.3. The van der Waals surface area contributed by atoms with E-state index in [0.717, 1.165) is 24.0 Å². The van der Waals surface area contributed by atoms with Gasteiger partial charge >= 0.3 is 0 Å². The number of aryl methyl sites for hydroxylation is 4. The highest BCUT2D eigenvalue weighted by Gasteiger charge is 2.27. The zero-order valence-electron chi connectivity index (χ0n) is 18.8. The number of anilines is 1. The van der Waals surface area contributed by atoms with E-state index in [9.17, 15) is 13.2 Å². The molecule has 3 aromatic carbocycles. The summed E-state index contributed by atoms with van der Waals surface area (Å²) in [6, 6.07) is 22.1. The zero-order chi connectivity index (χ0) is 23.1. The van der Waals surface area contributed by atoms with Crippen LogP contribution in [-0.4, -0.2) is 27.4 Å². The maximum absolute atomic E-state index is 13.4. The number of sulfonamides is 1. The Balaban J connectivity index is 1.70. The normalized spacial score (nSPS) is 11.2. The maximum atomic E-state index is 13.4. The lowest BCUT2D eigenvalue weighted by molar-refractivity contribution is -0.119. The van der Waals surface area contributed by atoms with Crippen molar-refractivity contribution in [1.82, 2.24) is 5.32 Å². The predicted octanol–water partition coefficient (Wildman–Crippen LogP) is 4.56. The molecule has 0 atom stereocenters. The number of rotatable bonds is 9. The Labute approximate surface area is 191 Å². The summed E-state index contributed by atoms with van der Waals surface area (Å²) in [5, 5.41) is 2.87. The molecule has 168 valence electrons. The Bertz CT molecular complexity index is 1150. The predicted molar refractivity (Wildman–Crippen MR) is 129 cm³/mol. The maximum Gasteiger partial charge on any atom is 0.264 e. The molecule has 0 bridgehead atoms. The van der Waals surface area contributed by atoms with E-state index in [0.29, 0.717) is 12.2 Å². The minimum Gasteiger partial charge on any atom is -0.355 e. The lowest BCUT2D eigenvalue weighted by atomic mass is 10.1. The zero-order valence-corrected chi connectivity index (χ0v) is 19.7. The molecule has 1 amide bonds. The summed E-state index contributed by atoms with van der Waals surface area (Å²) in [7, 11) is -3.88. The Morgan fingerprint density at radius 2 is 1.47 bits per heavy atom. The second-order valence-electron chi connectivity index (χ2n) is 8.10. The highest BCUT2D eigenvalue weighted by Crippen LogP contribution is 2.24. The van der Waals surface area contributed by atoms with E-state index in [1.54, 1.807) is 36.4 Å². The van der Waals surface area contributed by atoms with Gasteiger partial charge in [0.05, 0.1) is 10.6 Å². The van der Waals surface area contributed by atoms with Crippen LogP contribution in [0.25, 0.3) is 0 Å². The van der Waals surface area contributed by atoms with Crippen LogP contribution in [0.3, 0.4) is 0 Å². The van der Waals surface area contributed by atoms with Gasteiger partial charge < -0.3 is 5.32 Å². The van der Waals surface area contributed by atoms with Crippen molar-refractivity contribution in [2.75, 3.05) is 17.4 Å². The summed E-state index contributed by atoms with van der Waals surface area (Å²) in [6.07, 6.45) is 1.63. The van der Waals surface area contributed by atoms with Crippen molar-refractivity contribution in [2.24, 2.45) is 0 Å². The lowest BCUT2D eigenvalue weighted by Gasteiger charge is -2.24. The topological polar surface area (TPSA) is 66.5 Å². The number of hydrogen-bond acceptors (Lipinski definition) is 3. The molecule has 0 aliphatic heterocycles. The summed E-state index contributed by atoms with van der Waals surface area (Å²) in [5.74, 6) is -0.328. The molecule has 0 saturated carbocycles. The molecular formula is C26H30N2O3S. The molecule has 0 radical (unpaired) electrons. The molecule has 0 aliphatic rings. The fourth-order valence-electron chi connectivity index (χ4n) is 3.44. The lowest BCUT2D eigenvalue weighted by Crippen LogP contribution is -2.41. The fraction of sp³-hybridized carbons (Fsp3) is 0.269. The number of carbonyl (C=O) groups is 1. The molecule has 32 heavy (non-hydrogen) atoms. The minimum atomic E-state index is -3.88. The van der Waals surface area contributed by atoms with Gasteiger partial charge in [-0.2, -0.15) is 0 Å². The van der Waals surface area contributed by atoms with E-state index in [2.05, 4.69) is 30.4 Å². The van der Waals surface area contributed by atoms with Gasteiger partial charge in [0.2, 0.25) is 5.91 Å². The van der Waals surface area contributed by atoms with Crippen LogP contribution in [0.4, 0.5) is 5.69 Å². The number of carbonyl (C=O) groups excluding carboxylic acids is 1. The van der Waals surface area contributed by atoms with Gasteiger partial charge in [-0.1, -0.05) is 65.2 Å². The van der Waals surface area contributed by atoms with Gasteiger partial charge in [0.25, 0.3) is 10.0 Å². The fourth-order valence-corrected chi connectivity index (χ4v) is 4.86. The monoisotopic (exact) mass is 450 g/mol. The van der Waals surface area contributed by atoms with Crippen molar-refractivity contribution in [3.63, 3.8) is 0 Å². The van der Waals surface area contributed by atoms with Gasteiger partial charge in [0.1, 0.15) is 6.54 Å². The summed E-state index contributed by atoms with van der Waals surface area (Å²) < 4.78 is 27.9. The third kappa shape index (κ3) is 6.20. The third-order valence-corrected chi connectivity index (χ3v) is 7.05. The standard InChI is InChI=1S/C26H30N2O3S/c1-20-9-13-24(14-10-20)28(32(30,31)25-15-11-21(2)12-16-25)19-26(29)27-17-5-8-23-7-4-6-22(3)18-23/h4,6-7,9-16,18H,5,8,17,19H2,1-3H3,(H,27,29). The van der Waals surface area contributed by atoms with Crippen LogP contribution >= 0.6 is 0 Å². The van der Waals surface area contributed by atoms with E-state index < -0.39 is 10.0 Å². The molecule has 3 aromatic rings. The average Bonchev–Trinajstić information content (AvgIpc) is 2.76. The quantitative estimate of drug-likeness (QED) is 0.486. The first-order valence-corrected chi connectivity index (χ1v) is 12.2. The van der Waals surface area contributed by atoms with Gasteiger partial charge in [-0.25, -0.2) is 8.42 Å². The number of amides is 1.